The molecule has 0 saturated heterocycles. The number of hydrogen-bond acceptors (Lipinski definition) is 0. The van der Waals surface area contributed by atoms with Crippen molar-refractivity contribution < 1.29 is 0 Å². The van der Waals surface area contributed by atoms with Gasteiger partial charge in [0.25, 0.3) is 0 Å². The van der Waals surface area contributed by atoms with Crippen LogP contribution in [0.2, 0.25) is 0 Å². The maximum absolute atomic E-state index is 3.78. The number of hydrogen-bond donors (Lipinski definition) is 0. The van der Waals surface area contributed by atoms with E-state index in [4.69, 9.17) is 0 Å². The van der Waals surface area contributed by atoms with E-state index in [1.807, 2.05) is 26.0 Å². The van der Waals surface area contributed by atoms with Gasteiger partial charge >= 0.3 is 0 Å². The molecule has 0 aromatic heterocycles. The van der Waals surface area contributed by atoms with Gasteiger partial charge in [-0.2, -0.15) is 0 Å². The summed E-state index contributed by atoms with van der Waals surface area (Å²) in [5.41, 5.74) is 3.67. The minimum atomic E-state index is -0.170. The first kappa shape index (κ1) is 18.7. The van der Waals surface area contributed by atoms with Crippen molar-refractivity contribution >= 4 is 0 Å². The Morgan fingerprint density at radius 2 is 1.30 bits per heavy atom. The van der Waals surface area contributed by atoms with Gasteiger partial charge in [0, 0.05) is 5.41 Å². The molecular formula is C23H28. The van der Waals surface area contributed by atoms with E-state index in [1.165, 1.54) is 16.7 Å². The second-order valence-corrected chi connectivity index (χ2v) is 5.20. The summed E-state index contributed by atoms with van der Waals surface area (Å²) in [6, 6.07) is 21.3. The van der Waals surface area contributed by atoms with Gasteiger partial charge in [-0.15, -0.1) is 0 Å². The number of benzene rings is 2. The Labute approximate surface area is 141 Å². The van der Waals surface area contributed by atoms with E-state index >= 15 is 0 Å². The molecule has 0 radical (unpaired) electrons. The molecule has 0 aliphatic heterocycles. The van der Waals surface area contributed by atoms with E-state index in [0.29, 0.717) is 0 Å². The molecule has 0 spiro atoms. The summed E-state index contributed by atoms with van der Waals surface area (Å²) in [7, 11) is 0. The molecule has 0 unspecified atom stereocenters. The molecule has 120 valence electrons. The van der Waals surface area contributed by atoms with Crippen molar-refractivity contribution in [2.75, 3.05) is 0 Å². The zero-order chi connectivity index (χ0) is 17.1. The lowest BCUT2D eigenvalue weighted by Crippen LogP contribution is -2.25. The molecule has 0 N–H and O–H groups in total. The van der Waals surface area contributed by atoms with E-state index in [0.717, 1.165) is 0 Å². The van der Waals surface area contributed by atoms with Crippen LogP contribution in [0.5, 0.6) is 0 Å². The van der Waals surface area contributed by atoms with E-state index < -0.39 is 0 Å². The molecule has 0 amide bonds. The lowest BCUT2D eigenvalue weighted by molar-refractivity contribution is 0.689. The van der Waals surface area contributed by atoms with Gasteiger partial charge in [-0.05, 0) is 30.5 Å². The van der Waals surface area contributed by atoms with Gasteiger partial charge in [0.1, 0.15) is 0 Å². The zero-order valence-electron chi connectivity index (χ0n) is 14.8. The minimum absolute atomic E-state index is 0.170. The van der Waals surface area contributed by atoms with Gasteiger partial charge in [0.05, 0.1) is 0 Å². The average Bonchev–Trinajstić information content (AvgIpc) is 2.65. The lowest BCUT2D eigenvalue weighted by atomic mass is 9.70. The normalized spacial score (nSPS) is 11.7. The van der Waals surface area contributed by atoms with Gasteiger partial charge in [-0.3, -0.25) is 0 Å². The second kappa shape index (κ2) is 9.63. The fraction of sp³-hybridized carbons (Fsp3) is 0.217. The third-order valence-corrected chi connectivity index (χ3v) is 4.00. The molecule has 0 aliphatic carbocycles. The third kappa shape index (κ3) is 4.32. The van der Waals surface area contributed by atoms with E-state index in [2.05, 4.69) is 93.2 Å². The molecular weight excluding hydrogens is 276 g/mol. The van der Waals surface area contributed by atoms with Gasteiger partial charge in [-0.1, -0.05) is 105 Å². The predicted octanol–water partition coefficient (Wildman–Crippen LogP) is 6.71. The standard InChI is InChI=1S/C21H22.C2H6/c1-4-6-13-18(5-2)21(3,19-14-9-7-10-15-19)20-16-11-8-12-17-20;1-2/h4-17H,1H2,2-3H3;1-2H3/b13-6-,18-5+;. The number of rotatable bonds is 5. The molecule has 0 heterocycles. The van der Waals surface area contributed by atoms with Crippen molar-refractivity contribution in [3.63, 3.8) is 0 Å². The third-order valence-electron chi connectivity index (χ3n) is 4.00. The van der Waals surface area contributed by atoms with Crippen LogP contribution >= 0.6 is 0 Å². The number of allylic oxidation sites excluding steroid dienone is 5. The molecule has 0 fully saturated rings. The van der Waals surface area contributed by atoms with Crippen LogP contribution in [0.25, 0.3) is 0 Å². The Morgan fingerprint density at radius 1 is 0.870 bits per heavy atom. The smallest absolute Gasteiger partial charge is 0.0420 e. The van der Waals surface area contributed by atoms with E-state index in [9.17, 15) is 0 Å². The Hall–Kier alpha value is -2.34. The lowest BCUT2D eigenvalue weighted by Gasteiger charge is -2.32. The Balaban J connectivity index is 0.00000127. The van der Waals surface area contributed by atoms with E-state index in [-0.39, 0.29) is 5.41 Å². The summed E-state index contributed by atoms with van der Waals surface area (Å²) in [4.78, 5) is 0. The molecule has 0 atom stereocenters. The fourth-order valence-electron chi connectivity index (χ4n) is 2.77. The molecule has 23 heavy (non-hydrogen) atoms. The summed E-state index contributed by atoms with van der Waals surface area (Å²) in [5, 5.41) is 0. The fourth-order valence-corrected chi connectivity index (χ4v) is 2.77. The average molecular weight is 304 g/mol. The minimum Gasteiger partial charge on any atom is -0.0991 e. The van der Waals surface area contributed by atoms with Crippen LogP contribution in [-0.4, -0.2) is 0 Å². The van der Waals surface area contributed by atoms with Crippen LogP contribution in [-0.2, 0) is 5.41 Å². The first-order chi connectivity index (χ1) is 11.2. The van der Waals surface area contributed by atoms with Crippen molar-refractivity contribution in [3.8, 4) is 0 Å². The van der Waals surface area contributed by atoms with Crippen LogP contribution in [0, 0.1) is 0 Å². The van der Waals surface area contributed by atoms with Gasteiger partial charge in [-0.25, -0.2) is 0 Å². The monoisotopic (exact) mass is 304 g/mol. The van der Waals surface area contributed by atoms with Gasteiger partial charge < -0.3 is 0 Å². The summed E-state index contributed by atoms with van der Waals surface area (Å²) >= 11 is 0. The van der Waals surface area contributed by atoms with Crippen molar-refractivity contribution in [2.24, 2.45) is 0 Å². The quantitative estimate of drug-likeness (QED) is 0.539. The summed E-state index contributed by atoms with van der Waals surface area (Å²) < 4.78 is 0. The largest absolute Gasteiger partial charge is 0.0991 e. The zero-order valence-corrected chi connectivity index (χ0v) is 14.8. The Morgan fingerprint density at radius 3 is 1.65 bits per heavy atom. The van der Waals surface area contributed by atoms with Crippen LogP contribution in [0.15, 0.2) is 97.1 Å². The Kier molecular flexibility index (Phi) is 7.83. The van der Waals surface area contributed by atoms with E-state index in [1.54, 1.807) is 0 Å². The topological polar surface area (TPSA) is 0 Å². The van der Waals surface area contributed by atoms with Crippen molar-refractivity contribution in [1.82, 2.24) is 0 Å². The maximum Gasteiger partial charge on any atom is 0.0420 e. The van der Waals surface area contributed by atoms with Crippen LogP contribution < -0.4 is 0 Å². The maximum atomic E-state index is 3.78. The highest BCUT2D eigenvalue weighted by atomic mass is 14.3. The Bertz CT molecular complexity index is 591. The molecule has 2 rings (SSSR count). The molecule has 0 heteroatoms. The highest BCUT2D eigenvalue weighted by molar-refractivity contribution is 5.51. The highest BCUT2D eigenvalue weighted by Gasteiger charge is 2.31. The molecule has 2 aromatic carbocycles. The second-order valence-electron chi connectivity index (χ2n) is 5.20. The molecule has 2 aromatic rings. The first-order valence-corrected chi connectivity index (χ1v) is 8.30. The van der Waals surface area contributed by atoms with Crippen LogP contribution in [0.4, 0.5) is 0 Å². The highest BCUT2D eigenvalue weighted by Crippen LogP contribution is 2.39. The predicted molar refractivity (Wildman–Crippen MR) is 104 cm³/mol. The van der Waals surface area contributed by atoms with Gasteiger partial charge in [0.15, 0.2) is 0 Å². The summed E-state index contributed by atoms with van der Waals surface area (Å²) in [6.07, 6.45) is 8.15. The van der Waals surface area contributed by atoms with Crippen LogP contribution in [0.3, 0.4) is 0 Å². The first-order valence-electron chi connectivity index (χ1n) is 8.30. The molecule has 0 aliphatic rings. The van der Waals surface area contributed by atoms with Crippen molar-refractivity contribution in [2.45, 2.75) is 33.1 Å². The molecule has 0 nitrogen and oxygen atoms in total. The molecule has 0 bridgehead atoms. The van der Waals surface area contributed by atoms with Crippen LogP contribution in [0.1, 0.15) is 38.8 Å². The van der Waals surface area contributed by atoms with Crippen molar-refractivity contribution in [1.29, 1.82) is 0 Å². The van der Waals surface area contributed by atoms with Gasteiger partial charge in [0.2, 0.25) is 0 Å². The van der Waals surface area contributed by atoms with Crippen molar-refractivity contribution in [3.05, 3.63) is 108 Å². The summed E-state index contributed by atoms with van der Waals surface area (Å²) in [6.45, 7) is 12.1. The SMILES string of the molecule is C=C/C=C\C(=C/C)C(C)(c1ccccc1)c1ccccc1.CC. The molecule has 0 saturated carbocycles. The summed E-state index contributed by atoms with van der Waals surface area (Å²) in [5.74, 6) is 0.